The van der Waals surface area contributed by atoms with E-state index in [0.29, 0.717) is 0 Å². The first kappa shape index (κ1) is 10.2. The smallest absolute Gasteiger partial charge is 0.227 e. The van der Waals surface area contributed by atoms with E-state index in [0.717, 1.165) is 18.5 Å². The van der Waals surface area contributed by atoms with Crippen LogP contribution in [0.5, 0.6) is 0 Å². The highest BCUT2D eigenvalue weighted by molar-refractivity contribution is 5.92. The van der Waals surface area contributed by atoms with Gasteiger partial charge >= 0.3 is 0 Å². The van der Waals surface area contributed by atoms with Gasteiger partial charge in [-0.2, -0.15) is 0 Å². The summed E-state index contributed by atoms with van der Waals surface area (Å²) in [6, 6.07) is 10.5. The number of hydrogen-bond acceptors (Lipinski definition) is 1. The second-order valence-electron chi connectivity index (χ2n) is 4.10. The van der Waals surface area contributed by atoms with E-state index < -0.39 is 0 Å². The minimum atomic E-state index is 0.164. The summed E-state index contributed by atoms with van der Waals surface area (Å²) < 4.78 is 0. The van der Waals surface area contributed by atoms with Crippen molar-refractivity contribution in [1.82, 2.24) is 0 Å². The van der Waals surface area contributed by atoms with Gasteiger partial charge in [-0.3, -0.25) is 4.79 Å². The van der Waals surface area contributed by atoms with E-state index in [2.05, 4.69) is 11.4 Å². The number of rotatable bonds is 2. The Kier molecular flexibility index (Phi) is 3.38. The van der Waals surface area contributed by atoms with Crippen LogP contribution in [0.1, 0.15) is 32.1 Å². The Hall–Kier alpha value is -1.31. The van der Waals surface area contributed by atoms with Gasteiger partial charge in [-0.15, -0.1) is 0 Å². The maximum Gasteiger partial charge on any atom is 0.227 e. The molecule has 1 fully saturated rings. The molecular weight excluding hydrogens is 186 g/mol. The van der Waals surface area contributed by atoms with Crippen molar-refractivity contribution in [2.24, 2.45) is 5.92 Å². The lowest BCUT2D eigenvalue weighted by Crippen LogP contribution is -2.24. The fourth-order valence-corrected chi connectivity index (χ4v) is 2.07. The molecule has 1 radical (unpaired) electrons. The molecule has 0 saturated heterocycles. The van der Waals surface area contributed by atoms with Gasteiger partial charge in [0.15, 0.2) is 0 Å². The van der Waals surface area contributed by atoms with Crippen LogP contribution in [0.4, 0.5) is 5.69 Å². The van der Waals surface area contributed by atoms with Gasteiger partial charge in [0.2, 0.25) is 5.91 Å². The van der Waals surface area contributed by atoms with Crippen molar-refractivity contribution in [3.8, 4) is 0 Å². The fraction of sp³-hybridized carbons (Fsp3) is 0.462. The summed E-state index contributed by atoms with van der Waals surface area (Å²) in [5.41, 5.74) is 0.785. The summed E-state index contributed by atoms with van der Waals surface area (Å²) in [4.78, 5) is 11.8. The van der Waals surface area contributed by atoms with E-state index in [1.54, 1.807) is 0 Å². The number of carbonyl (C=O) groups is 1. The molecule has 1 N–H and O–H groups in total. The number of para-hydroxylation sites is 1. The third-order valence-corrected chi connectivity index (χ3v) is 2.94. The highest BCUT2D eigenvalue weighted by Crippen LogP contribution is 2.24. The molecule has 1 aliphatic rings. The Bertz CT molecular complexity index is 315. The summed E-state index contributed by atoms with van der Waals surface area (Å²) in [5.74, 6) is 0.379. The number of amides is 1. The SMILES string of the molecule is O=C(Nc1[c]cccc1)C1CCCCC1. The molecule has 1 saturated carbocycles. The maximum atomic E-state index is 11.8. The molecule has 0 aliphatic heterocycles. The van der Waals surface area contributed by atoms with Crippen LogP contribution in [0.3, 0.4) is 0 Å². The zero-order chi connectivity index (χ0) is 10.5. The van der Waals surface area contributed by atoms with E-state index in [1.165, 1.54) is 19.3 Å². The molecule has 0 heterocycles. The Morgan fingerprint density at radius 2 is 2.07 bits per heavy atom. The minimum absolute atomic E-state index is 0.164. The van der Waals surface area contributed by atoms with Crippen LogP contribution in [0.15, 0.2) is 24.3 Å². The van der Waals surface area contributed by atoms with Gasteiger partial charge in [0.05, 0.1) is 0 Å². The molecule has 1 aliphatic carbocycles. The van der Waals surface area contributed by atoms with Crippen molar-refractivity contribution < 1.29 is 4.79 Å². The largest absolute Gasteiger partial charge is 0.325 e. The maximum absolute atomic E-state index is 11.8. The predicted molar refractivity (Wildman–Crippen MR) is 60.5 cm³/mol. The van der Waals surface area contributed by atoms with E-state index >= 15 is 0 Å². The van der Waals surface area contributed by atoms with Crippen LogP contribution in [0.25, 0.3) is 0 Å². The van der Waals surface area contributed by atoms with Gasteiger partial charge in [-0.05, 0) is 18.9 Å². The van der Waals surface area contributed by atoms with Crippen LogP contribution in [0, 0.1) is 12.0 Å². The first-order valence-electron chi connectivity index (χ1n) is 5.64. The highest BCUT2D eigenvalue weighted by Gasteiger charge is 2.20. The molecular formula is C13H16NO. The number of benzene rings is 1. The Balaban J connectivity index is 1.91. The number of nitrogens with one attached hydrogen (secondary N) is 1. The van der Waals surface area contributed by atoms with E-state index in [1.807, 2.05) is 24.3 Å². The first-order chi connectivity index (χ1) is 7.36. The summed E-state index contributed by atoms with van der Waals surface area (Å²) in [7, 11) is 0. The van der Waals surface area contributed by atoms with Crippen molar-refractivity contribution in [2.45, 2.75) is 32.1 Å². The molecule has 0 atom stereocenters. The summed E-state index contributed by atoms with van der Waals surface area (Å²) in [6.45, 7) is 0. The van der Waals surface area contributed by atoms with Crippen molar-refractivity contribution in [3.63, 3.8) is 0 Å². The van der Waals surface area contributed by atoms with Crippen molar-refractivity contribution in [2.75, 3.05) is 5.32 Å². The Labute approximate surface area is 90.7 Å². The van der Waals surface area contributed by atoms with E-state index in [9.17, 15) is 4.79 Å². The van der Waals surface area contributed by atoms with Gasteiger partial charge < -0.3 is 5.32 Å². The van der Waals surface area contributed by atoms with Crippen LogP contribution in [-0.2, 0) is 4.79 Å². The summed E-state index contributed by atoms with van der Waals surface area (Å²) in [6.07, 6.45) is 5.74. The van der Waals surface area contributed by atoms with Crippen LogP contribution < -0.4 is 5.32 Å². The third-order valence-electron chi connectivity index (χ3n) is 2.94. The van der Waals surface area contributed by atoms with Gasteiger partial charge in [-0.25, -0.2) is 0 Å². The molecule has 1 aromatic rings. The lowest BCUT2D eigenvalue weighted by molar-refractivity contribution is -0.120. The molecule has 0 bridgehead atoms. The average molecular weight is 202 g/mol. The number of anilines is 1. The second-order valence-corrected chi connectivity index (χ2v) is 4.10. The quantitative estimate of drug-likeness (QED) is 0.784. The minimum Gasteiger partial charge on any atom is -0.325 e. The molecule has 2 heteroatoms. The molecule has 2 rings (SSSR count). The average Bonchev–Trinajstić information content (AvgIpc) is 2.31. The van der Waals surface area contributed by atoms with Gasteiger partial charge in [0.25, 0.3) is 0 Å². The van der Waals surface area contributed by atoms with Crippen molar-refractivity contribution in [1.29, 1.82) is 0 Å². The Morgan fingerprint density at radius 1 is 1.27 bits per heavy atom. The predicted octanol–water partition coefficient (Wildman–Crippen LogP) is 3.01. The van der Waals surface area contributed by atoms with Crippen molar-refractivity contribution >= 4 is 11.6 Å². The fourth-order valence-electron chi connectivity index (χ4n) is 2.07. The molecule has 1 amide bonds. The topological polar surface area (TPSA) is 29.1 Å². The molecule has 79 valence electrons. The summed E-state index contributed by atoms with van der Waals surface area (Å²) >= 11 is 0. The first-order valence-corrected chi connectivity index (χ1v) is 5.64. The zero-order valence-corrected chi connectivity index (χ0v) is 8.83. The van der Waals surface area contributed by atoms with Crippen LogP contribution in [-0.4, -0.2) is 5.91 Å². The summed E-state index contributed by atoms with van der Waals surface area (Å²) in [5, 5.41) is 2.92. The molecule has 0 spiro atoms. The zero-order valence-electron chi connectivity index (χ0n) is 8.83. The van der Waals surface area contributed by atoms with E-state index in [4.69, 9.17) is 0 Å². The lowest BCUT2D eigenvalue weighted by Gasteiger charge is -2.20. The van der Waals surface area contributed by atoms with Crippen molar-refractivity contribution in [3.05, 3.63) is 30.3 Å². The molecule has 15 heavy (non-hydrogen) atoms. The lowest BCUT2D eigenvalue weighted by atomic mass is 9.88. The van der Waals surface area contributed by atoms with E-state index in [-0.39, 0.29) is 11.8 Å². The monoisotopic (exact) mass is 202 g/mol. The standard InChI is InChI=1S/C13H16NO/c15-13(11-7-3-1-4-8-11)14-12-9-5-2-6-10-12/h2,5-6,9,11H,1,3-4,7-8H2,(H,14,15). The molecule has 1 aromatic carbocycles. The second kappa shape index (κ2) is 4.96. The molecule has 0 aromatic heterocycles. The Morgan fingerprint density at radius 3 is 2.73 bits per heavy atom. The van der Waals surface area contributed by atoms with Crippen LogP contribution >= 0.6 is 0 Å². The van der Waals surface area contributed by atoms with Crippen LogP contribution in [0.2, 0.25) is 0 Å². The third kappa shape index (κ3) is 2.82. The normalized spacial score (nSPS) is 17.3. The molecule has 2 nitrogen and oxygen atoms in total. The number of carbonyl (C=O) groups excluding carboxylic acids is 1. The highest BCUT2D eigenvalue weighted by atomic mass is 16.1. The van der Waals surface area contributed by atoms with Gasteiger partial charge in [0.1, 0.15) is 0 Å². The number of hydrogen-bond donors (Lipinski definition) is 1. The van der Waals surface area contributed by atoms with Gasteiger partial charge in [0, 0.05) is 17.7 Å². The molecule has 0 unspecified atom stereocenters. The van der Waals surface area contributed by atoms with Gasteiger partial charge in [-0.1, -0.05) is 37.5 Å².